The quantitative estimate of drug-likeness (QED) is 0.783. The van der Waals surface area contributed by atoms with Crippen molar-refractivity contribution in [1.82, 2.24) is 14.9 Å². The van der Waals surface area contributed by atoms with Crippen LogP contribution in [0.25, 0.3) is 0 Å². The van der Waals surface area contributed by atoms with Gasteiger partial charge in [-0.15, -0.1) is 0 Å². The van der Waals surface area contributed by atoms with Crippen molar-refractivity contribution in [2.24, 2.45) is 5.92 Å². The van der Waals surface area contributed by atoms with Crippen molar-refractivity contribution in [3.05, 3.63) is 17.7 Å². The molecule has 0 radical (unpaired) electrons. The lowest BCUT2D eigenvalue weighted by Crippen LogP contribution is -2.53. The standard InChI is InChI=1S/C13H23N3O/c1-4-15-13(8-17,12-5-6-12)7-16-9-14-10(2)11(16)3/h9,12,15,17H,4-8H2,1-3H3. The minimum atomic E-state index is -0.160. The highest BCUT2D eigenvalue weighted by Crippen LogP contribution is 2.40. The Kier molecular flexibility index (Phi) is 3.54. The molecular formula is C13H23N3O. The Balaban J connectivity index is 2.19. The summed E-state index contributed by atoms with van der Waals surface area (Å²) in [5.74, 6) is 0.606. The van der Waals surface area contributed by atoms with Crippen LogP contribution in [-0.4, -0.2) is 33.3 Å². The highest BCUT2D eigenvalue weighted by molar-refractivity contribution is 5.11. The maximum absolute atomic E-state index is 9.78. The van der Waals surface area contributed by atoms with E-state index in [4.69, 9.17) is 0 Å². The van der Waals surface area contributed by atoms with Crippen LogP contribution >= 0.6 is 0 Å². The van der Waals surface area contributed by atoms with Gasteiger partial charge in [0.15, 0.2) is 0 Å². The topological polar surface area (TPSA) is 50.1 Å². The molecule has 1 fully saturated rings. The summed E-state index contributed by atoms with van der Waals surface area (Å²) in [7, 11) is 0. The number of aromatic nitrogens is 2. The molecule has 1 aliphatic rings. The second-order valence-electron chi connectivity index (χ2n) is 5.16. The maximum atomic E-state index is 9.78. The average Bonchev–Trinajstić information content (AvgIpc) is 3.12. The molecule has 4 nitrogen and oxygen atoms in total. The van der Waals surface area contributed by atoms with E-state index in [1.54, 1.807) is 0 Å². The van der Waals surface area contributed by atoms with Crippen LogP contribution in [0.5, 0.6) is 0 Å². The van der Waals surface area contributed by atoms with E-state index in [1.165, 1.54) is 18.5 Å². The van der Waals surface area contributed by atoms with E-state index in [9.17, 15) is 5.11 Å². The Morgan fingerprint density at radius 2 is 2.24 bits per heavy atom. The first-order valence-corrected chi connectivity index (χ1v) is 6.47. The molecule has 1 atom stereocenters. The molecule has 96 valence electrons. The normalized spacial score (nSPS) is 19.3. The van der Waals surface area contributed by atoms with Crippen molar-refractivity contribution in [3.8, 4) is 0 Å². The molecule has 4 heteroatoms. The summed E-state index contributed by atoms with van der Waals surface area (Å²) in [6.07, 6.45) is 4.33. The number of aliphatic hydroxyl groups excluding tert-OH is 1. The molecule has 1 aromatic heterocycles. The van der Waals surface area contributed by atoms with Gasteiger partial charge in [-0.05, 0) is 39.2 Å². The van der Waals surface area contributed by atoms with E-state index >= 15 is 0 Å². The Bertz CT molecular complexity index is 384. The molecule has 0 spiro atoms. The molecule has 0 aromatic carbocycles. The van der Waals surface area contributed by atoms with Crippen LogP contribution < -0.4 is 5.32 Å². The van der Waals surface area contributed by atoms with Crippen molar-refractivity contribution >= 4 is 0 Å². The fourth-order valence-electron chi connectivity index (χ4n) is 2.56. The van der Waals surface area contributed by atoms with Gasteiger partial charge in [-0.1, -0.05) is 6.92 Å². The summed E-state index contributed by atoms with van der Waals surface area (Å²) < 4.78 is 2.16. The van der Waals surface area contributed by atoms with Crippen molar-refractivity contribution in [2.75, 3.05) is 13.2 Å². The third-order valence-corrected chi connectivity index (χ3v) is 3.97. The molecule has 1 aliphatic carbocycles. The predicted molar refractivity (Wildman–Crippen MR) is 67.9 cm³/mol. The minimum Gasteiger partial charge on any atom is -0.394 e. The largest absolute Gasteiger partial charge is 0.394 e. The van der Waals surface area contributed by atoms with Crippen molar-refractivity contribution in [2.45, 2.75) is 45.7 Å². The molecule has 1 aromatic rings. The van der Waals surface area contributed by atoms with Crippen LogP contribution in [0.1, 0.15) is 31.2 Å². The number of rotatable bonds is 6. The lowest BCUT2D eigenvalue weighted by atomic mass is 9.93. The number of nitrogens with one attached hydrogen (secondary N) is 1. The van der Waals surface area contributed by atoms with Gasteiger partial charge in [0.05, 0.1) is 24.2 Å². The summed E-state index contributed by atoms with van der Waals surface area (Å²) in [6.45, 7) is 8.11. The van der Waals surface area contributed by atoms with E-state index in [0.717, 1.165) is 18.8 Å². The summed E-state index contributed by atoms with van der Waals surface area (Å²) in [5.41, 5.74) is 2.11. The average molecular weight is 237 g/mol. The van der Waals surface area contributed by atoms with E-state index in [0.29, 0.717) is 5.92 Å². The molecule has 1 unspecified atom stereocenters. The van der Waals surface area contributed by atoms with Crippen LogP contribution in [-0.2, 0) is 6.54 Å². The fraction of sp³-hybridized carbons (Fsp3) is 0.769. The number of likely N-dealkylation sites (N-methyl/N-ethyl adjacent to an activating group) is 1. The molecule has 1 heterocycles. The Labute approximate surface area is 103 Å². The highest BCUT2D eigenvalue weighted by atomic mass is 16.3. The van der Waals surface area contributed by atoms with Crippen molar-refractivity contribution in [3.63, 3.8) is 0 Å². The second-order valence-corrected chi connectivity index (χ2v) is 5.16. The number of aryl methyl sites for hydroxylation is 1. The number of imidazole rings is 1. The van der Waals surface area contributed by atoms with Gasteiger partial charge in [0, 0.05) is 12.2 Å². The molecule has 0 bridgehead atoms. The Hall–Kier alpha value is -0.870. The zero-order valence-electron chi connectivity index (χ0n) is 11.0. The number of hydrogen-bond donors (Lipinski definition) is 2. The van der Waals surface area contributed by atoms with Gasteiger partial charge in [0.25, 0.3) is 0 Å². The molecular weight excluding hydrogens is 214 g/mol. The molecule has 2 N–H and O–H groups in total. The molecule has 0 amide bonds. The monoisotopic (exact) mass is 237 g/mol. The lowest BCUT2D eigenvalue weighted by Gasteiger charge is -2.34. The third kappa shape index (κ3) is 2.38. The van der Waals surface area contributed by atoms with E-state index in [-0.39, 0.29) is 12.1 Å². The summed E-state index contributed by atoms with van der Waals surface area (Å²) in [6, 6.07) is 0. The highest BCUT2D eigenvalue weighted by Gasteiger charge is 2.44. The molecule has 1 saturated carbocycles. The smallest absolute Gasteiger partial charge is 0.0952 e. The predicted octanol–water partition coefficient (Wildman–Crippen LogP) is 1.25. The zero-order valence-corrected chi connectivity index (χ0v) is 11.0. The molecule has 2 rings (SSSR count). The summed E-state index contributed by atoms with van der Waals surface area (Å²) in [5, 5.41) is 13.3. The first-order chi connectivity index (χ1) is 8.13. The van der Waals surface area contributed by atoms with Crippen molar-refractivity contribution in [1.29, 1.82) is 0 Å². The van der Waals surface area contributed by atoms with E-state index < -0.39 is 0 Å². The first-order valence-electron chi connectivity index (χ1n) is 6.47. The first kappa shape index (κ1) is 12.6. The Morgan fingerprint density at radius 1 is 1.53 bits per heavy atom. The van der Waals surface area contributed by atoms with E-state index in [1.807, 2.05) is 13.3 Å². The minimum absolute atomic E-state index is 0.160. The maximum Gasteiger partial charge on any atom is 0.0952 e. The summed E-state index contributed by atoms with van der Waals surface area (Å²) >= 11 is 0. The fourth-order valence-corrected chi connectivity index (χ4v) is 2.56. The van der Waals surface area contributed by atoms with Crippen LogP contribution in [0.15, 0.2) is 6.33 Å². The van der Waals surface area contributed by atoms with Gasteiger partial charge in [0.2, 0.25) is 0 Å². The SMILES string of the molecule is CCNC(CO)(Cn1cnc(C)c1C)C1CC1. The van der Waals surface area contributed by atoms with Gasteiger partial charge in [-0.3, -0.25) is 0 Å². The molecule has 17 heavy (non-hydrogen) atoms. The number of nitrogens with zero attached hydrogens (tertiary/aromatic N) is 2. The van der Waals surface area contributed by atoms with Crippen LogP contribution in [0.2, 0.25) is 0 Å². The summed E-state index contributed by atoms with van der Waals surface area (Å²) in [4.78, 5) is 4.33. The molecule has 0 saturated heterocycles. The van der Waals surface area contributed by atoms with Gasteiger partial charge in [0.1, 0.15) is 0 Å². The van der Waals surface area contributed by atoms with Gasteiger partial charge in [-0.2, -0.15) is 0 Å². The second kappa shape index (κ2) is 4.78. The number of aliphatic hydroxyl groups is 1. The third-order valence-electron chi connectivity index (χ3n) is 3.97. The van der Waals surface area contributed by atoms with Crippen LogP contribution in [0.4, 0.5) is 0 Å². The number of hydrogen-bond acceptors (Lipinski definition) is 3. The lowest BCUT2D eigenvalue weighted by molar-refractivity contribution is 0.123. The van der Waals surface area contributed by atoms with Crippen molar-refractivity contribution < 1.29 is 5.11 Å². The zero-order chi connectivity index (χ0) is 12.5. The van der Waals surface area contributed by atoms with Gasteiger partial charge in [-0.25, -0.2) is 4.98 Å². The Morgan fingerprint density at radius 3 is 2.65 bits per heavy atom. The molecule has 0 aliphatic heterocycles. The van der Waals surface area contributed by atoms with E-state index in [2.05, 4.69) is 28.7 Å². The van der Waals surface area contributed by atoms with Crippen LogP contribution in [0.3, 0.4) is 0 Å². The van der Waals surface area contributed by atoms with Gasteiger partial charge < -0.3 is 15.0 Å². The van der Waals surface area contributed by atoms with Gasteiger partial charge >= 0.3 is 0 Å². The van der Waals surface area contributed by atoms with Crippen LogP contribution in [0, 0.1) is 19.8 Å².